The fraction of sp³-hybridized carbons (Fsp3) is 0.368. The zero-order chi connectivity index (χ0) is 18.0. The Bertz CT molecular complexity index is 844. The number of nitrogens with one attached hydrogen (secondary N) is 1. The lowest BCUT2D eigenvalue weighted by Crippen LogP contribution is -2.26. The maximum Gasteiger partial charge on any atom is 0.241 e. The second kappa shape index (κ2) is 7.06. The standard InChI is InChI=1S/C19H23NO4S/c1-13(2)10-15-4-7-17(8-5-15)25(21,22)20-14(3)16-6-9-18-19(11-16)24-12-23-18/h4-9,11,13-14,20H,10,12H2,1-3H3. The molecule has 5 nitrogen and oxygen atoms in total. The Morgan fingerprint density at radius 3 is 2.36 bits per heavy atom. The summed E-state index contributed by atoms with van der Waals surface area (Å²) in [5.41, 5.74) is 1.96. The molecule has 6 heteroatoms. The number of rotatable bonds is 6. The number of sulfonamides is 1. The van der Waals surface area contributed by atoms with E-state index in [9.17, 15) is 8.42 Å². The first kappa shape index (κ1) is 17.8. The van der Waals surface area contributed by atoms with Gasteiger partial charge in [-0.25, -0.2) is 13.1 Å². The third-order valence-electron chi connectivity index (χ3n) is 4.11. The molecule has 0 aliphatic carbocycles. The Kier molecular flexibility index (Phi) is 5.01. The Labute approximate surface area is 149 Å². The van der Waals surface area contributed by atoms with Crippen molar-refractivity contribution in [2.45, 2.75) is 38.1 Å². The highest BCUT2D eigenvalue weighted by molar-refractivity contribution is 7.89. The van der Waals surface area contributed by atoms with Crippen LogP contribution in [0.3, 0.4) is 0 Å². The van der Waals surface area contributed by atoms with Crippen LogP contribution in [-0.2, 0) is 16.4 Å². The molecule has 1 N–H and O–H groups in total. The molecule has 2 aromatic rings. The monoisotopic (exact) mass is 361 g/mol. The van der Waals surface area contributed by atoms with Crippen LogP contribution in [0.1, 0.15) is 37.9 Å². The minimum Gasteiger partial charge on any atom is -0.454 e. The van der Waals surface area contributed by atoms with Crippen molar-refractivity contribution in [1.82, 2.24) is 4.72 Å². The Balaban J connectivity index is 1.74. The predicted octanol–water partition coefficient (Wildman–Crippen LogP) is 3.65. The van der Waals surface area contributed by atoms with E-state index in [2.05, 4.69) is 18.6 Å². The van der Waals surface area contributed by atoms with Gasteiger partial charge in [0.05, 0.1) is 4.90 Å². The molecule has 134 valence electrons. The largest absolute Gasteiger partial charge is 0.454 e. The molecule has 0 amide bonds. The van der Waals surface area contributed by atoms with Gasteiger partial charge in [0.25, 0.3) is 0 Å². The van der Waals surface area contributed by atoms with E-state index in [-0.39, 0.29) is 17.7 Å². The summed E-state index contributed by atoms with van der Waals surface area (Å²) in [5, 5.41) is 0. The third kappa shape index (κ3) is 4.14. The van der Waals surface area contributed by atoms with Crippen molar-refractivity contribution in [1.29, 1.82) is 0 Å². The molecular formula is C19H23NO4S. The summed E-state index contributed by atoms with van der Waals surface area (Å²) in [7, 11) is -3.59. The van der Waals surface area contributed by atoms with Crippen molar-refractivity contribution in [3.05, 3.63) is 53.6 Å². The number of hydrogen-bond acceptors (Lipinski definition) is 4. The summed E-state index contributed by atoms with van der Waals surface area (Å²) in [5.74, 6) is 1.85. The van der Waals surface area contributed by atoms with Crippen LogP contribution in [0.15, 0.2) is 47.4 Å². The van der Waals surface area contributed by atoms with Crippen LogP contribution in [0.25, 0.3) is 0 Å². The van der Waals surface area contributed by atoms with E-state index >= 15 is 0 Å². The molecule has 0 radical (unpaired) electrons. The topological polar surface area (TPSA) is 64.6 Å². The van der Waals surface area contributed by atoms with Crippen molar-refractivity contribution in [3.8, 4) is 11.5 Å². The van der Waals surface area contributed by atoms with Gasteiger partial charge in [-0.1, -0.05) is 32.0 Å². The molecule has 1 aliphatic rings. The lowest BCUT2D eigenvalue weighted by Gasteiger charge is -2.15. The quantitative estimate of drug-likeness (QED) is 0.853. The van der Waals surface area contributed by atoms with Gasteiger partial charge in [-0.15, -0.1) is 0 Å². The lowest BCUT2D eigenvalue weighted by atomic mass is 10.0. The molecule has 1 atom stereocenters. The van der Waals surface area contributed by atoms with Crippen molar-refractivity contribution < 1.29 is 17.9 Å². The molecule has 3 rings (SSSR count). The Hall–Kier alpha value is -2.05. The Morgan fingerprint density at radius 2 is 1.68 bits per heavy atom. The van der Waals surface area contributed by atoms with E-state index in [0.29, 0.717) is 17.4 Å². The van der Waals surface area contributed by atoms with Gasteiger partial charge in [-0.3, -0.25) is 0 Å². The van der Waals surface area contributed by atoms with Crippen molar-refractivity contribution in [3.63, 3.8) is 0 Å². The van der Waals surface area contributed by atoms with Crippen molar-refractivity contribution in [2.24, 2.45) is 5.92 Å². The Morgan fingerprint density at radius 1 is 1.00 bits per heavy atom. The summed E-state index contributed by atoms with van der Waals surface area (Å²) in [6.45, 7) is 6.28. The predicted molar refractivity (Wildman–Crippen MR) is 96.3 cm³/mol. The smallest absolute Gasteiger partial charge is 0.241 e. The molecule has 0 fully saturated rings. The van der Waals surface area contributed by atoms with Crippen LogP contribution >= 0.6 is 0 Å². The second-order valence-electron chi connectivity index (χ2n) is 6.70. The average Bonchev–Trinajstić information content (AvgIpc) is 3.02. The molecule has 25 heavy (non-hydrogen) atoms. The number of fused-ring (bicyclic) bond motifs is 1. The van der Waals surface area contributed by atoms with Gasteiger partial charge in [0.15, 0.2) is 11.5 Å². The van der Waals surface area contributed by atoms with Crippen molar-refractivity contribution >= 4 is 10.0 Å². The highest BCUT2D eigenvalue weighted by Gasteiger charge is 2.21. The zero-order valence-electron chi connectivity index (χ0n) is 14.7. The van der Waals surface area contributed by atoms with E-state index in [1.165, 1.54) is 0 Å². The molecular weight excluding hydrogens is 338 g/mol. The summed E-state index contributed by atoms with van der Waals surface area (Å²) >= 11 is 0. The fourth-order valence-corrected chi connectivity index (χ4v) is 4.06. The summed E-state index contributed by atoms with van der Waals surface area (Å²) in [6.07, 6.45) is 0.932. The maximum atomic E-state index is 12.6. The van der Waals surface area contributed by atoms with Gasteiger partial charge < -0.3 is 9.47 Å². The van der Waals surface area contributed by atoms with Crippen molar-refractivity contribution in [2.75, 3.05) is 6.79 Å². The highest BCUT2D eigenvalue weighted by atomic mass is 32.2. The van der Waals surface area contributed by atoms with Gasteiger partial charge in [0.1, 0.15) is 0 Å². The molecule has 1 aliphatic heterocycles. The zero-order valence-corrected chi connectivity index (χ0v) is 15.5. The molecule has 1 unspecified atom stereocenters. The molecule has 0 bridgehead atoms. The first-order valence-electron chi connectivity index (χ1n) is 8.36. The lowest BCUT2D eigenvalue weighted by molar-refractivity contribution is 0.174. The number of benzene rings is 2. The fourth-order valence-electron chi connectivity index (χ4n) is 2.83. The normalized spacial score (nSPS) is 14.7. The summed E-state index contributed by atoms with van der Waals surface area (Å²) in [4.78, 5) is 0.271. The minimum absolute atomic E-state index is 0.196. The van der Waals surface area contributed by atoms with Crippen LogP contribution in [0.5, 0.6) is 11.5 Å². The number of ether oxygens (including phenoxy) is 2. The molecule has 1 heterocycles. The first-order chi connectivity index (χ1) is 11.8. The van der Waals surface area contributed by atoms with Gasteiger partial charge in [-0.2, -0.15) is 0 Å². The van der Waals surface area contributed by atoms with Crippen LogP contribution in [-0.4, -0.2) is 15.2 Å². The van der Waals surface area contributed by atoms with Gasteiger partial charge in [-0.05, 0) is 54.7 Å². The van der Waals surface area contributed by atoms with Crippen LogP contribution in [0.2, 0.25) is 0 Å². The molecule has 0 aromatic heterocycles. The molecule has 0 saturated carbocycles. The highest BCUT2D eigenvalue weighted by Crippen LogP contribution is 2.34. The first-order valence-corrected chi connectivity index (χ1v) is 9.84. The minimum atomic E-state index is -3.59. The van der Waals surface area contributed by atoms with E-state index in [1.807, 2.05) is 25.1 Å². The van der Waals surface area contributed by atoms with E-state index in [0.717, 1.165) is 17.5 Å². The van der Waals surface area contributed by atoms with Gasteiger partial charge in [0, 0.05) is 6.04 Å². The van der Waals surface area contributed by atoms with Crippen LogP contribution in [0.4, 0.5) is 0 Å². The molecule has 0 saturated heterocycles. The molecule has 2 aromatic carbocycles. The van der Waals surface area contributed by atoms with E-state index in [4.69, 9.17) is 9.47 Å². The van der Waals surface area contributed by atoms with E-state index < -0.39 is 10.0 Å². The van der Waals surface area contributed by atoms with Gasteiger partial charge >= 0.3 is 0 Å². The van der Waals surface area contributed by atoms with E-state index in [1.54, 1.807) is 24.3 Å². The SMILES string of the molecule is CC(C)Cc1ccc(S(=O)(=O)NC(C)c2ccc3c(c2)OCO3)cc1. The summed E-state index contributed by atoms with van der Waals surface area (Å²) in [6, 6.07) is 12.1. The average molecular weight is 361 g/mol. The molecule has 0 spiro atoms. The number of hydrogen-bond donors (Lipinski definition) is 1. The van der Waals surface area contributed by atoms with Gasteiger partial charge in [0.2, 0.25) is 16.8 Å². The van der Waals surface area contributed by atoms with Crippen LogP contribution in [0, 0.1) is 5.92 Å². The van der Waals surface area contributed by atoms with Crippen LogP contribution < -0.4 is 14.2 Å². The second-order valence-corrected chi connectivity index (χ2v) is 8.41. The maximum absolute atomic E-state index is 12.6. The summed E-state index contributed by atoms with van der Waals surface area (Å²) < 4.78 is 38.6. The third-order valence-corrected chi connectivity index (χ3v) is 5.66.